The number of sulfone groups is 1. The molecule has 0 aromatic heterocycles. The molecule has 1 fully saturated rings. The second kappa shape index (κ2) is 5.63. The Morgan fingerprint density at radius 2 is 2.00 bits per heavy atom. The lowest BCUT2D eigenvalue weighted by Gasteiger charge is -2.28. The van der Waals surface area contributed by atoms with Gasteiger partial charge in [0.25, 0.3) is 0 Å². The Hall–Kier alpha value is -0.620. The van der Waals surface area contributed by atoms with E-state index in [0.717, 1.165) is 31.9 Å². The maximum absolute atomic E-state index is 11.3. The first-order valence-corrected chi connectivity index (χ1v) is 7.64. The van der Waals surface area contributed by atoms with Crippen molar-refractivity contribution < 1.29 is 13.2 Å². The number of nitrogens with one attached hydrogen (secondary N) is 1. The number of rotatable bonds is 4. The van der Waals surface area contributed by atoms with Crippen molar-refractivity contribution in [2.45, 2.75) is 31.7 Å². The predicted octanol–water partition coefficient (Wildman–Crippen LogP) is -0.335. The van der Waals surface area contributed by atoms with E-state index in [9.17, 15) is 13.2 Å². The van der Waals surface area contributed by atoms with Crippen molar-refractivity contribution in [1.29, 1.82) is 0 Å². The number of hydrogen-bond donors (Lipinski definition) is 2. The fourth-order valence-electron chi connectivity index (χ4n) is 2.02. The van der Waals surface area contributed by atoms with Gasteiger partial charge in [-0.25, -0.2) is 8.42 Å². The van der Waals surface area contributed by atoms with Crippen molar-refractivity contribution in [2.24, 2.45) is 11.7 Å². The predicted molar refractivity (Wildman–Crippen MR) is 62.7 cm³/mol. The molecule has 0 bridgehead atoms. The molecule has 0 aromatic rings. The zero-order chi connectivity index (χ0) is 12.2. The molecule has 0 aromatic carbocycles. The molecule has 0 spiro atoms. The summed E-state index contributed by atoms with van der Waals surface area (Å²) in [6, 6.07) is 0.132. The van der Waals surface area contributed by atoms with Crippen LogP contribution in [0.3, 0.4) is 0 Å². The van der Waals surface area contributed by atoms with Crippen molar-refractivity contribution in [3.8, 4) is 0 Å². The molecule has 3 N–H and O–H groups in total. The second-order valence-corrected chi connectivity index (χ2v) is 6.72. The molecule has 0 aliphatic heterocycles. The first kappa shape index (κ1) is 13.4. The van der Waals surface area contributed by atoms with Crippen LogP contribution in [0.1, 0.15) is 25.7 Å². The van der Waals surface area contributed by atoms with E-state index in [2.05, 4.69) is 5.32 Å². The van der Waals surface area contributed by atoms with Gasteiger partial charge in [0.15, 0.2) is 9.84 Å². The number of amides is 1. The summed E-state index contributed by atoms with van der Waals surface area (Å²) in [4.78, 5) is 11.3. The fraction of sp³-hybridized carbons (Fsp3) is 0.900. The van der Waals surface area contributed by atoms with E-state index in [-0.39, 0.29) is 12.0 Å². The Morgan fingerprint density at radius 1 is 1.38 bits per heavy atom. The van der Waals surface area contributed by atoms with Crippen molar-refractivity contribution in [3.63, 3.8) is 0 Å². The molecule has 5 nitrogen and oxygen atoms in total. The van der Waals surface area contributed by atoms with Gasteiger partial charge in [0.1, 0.15) is 5.75 Å². The Bertz CT molecular complexity index is 340. The van der Waals surface area contributed by atoms with E-state index in [0.29, 0.717) is 6.54 Å². The van der Waals surface area contributed by atoms with Crippen molar-refractivity contribution >= 4 is 15.7 Å². The largest absolute Gasteiger partial charge is 0.355 e. The average Bonchev–Trinajstić information content (AvgIpc) is 2.14. The summed E-state index contributed by atoms with van der Waals surface area (Å²) in [5.74, 6) is -0.577. The SMILES string of the molecule is CS(=O)(=O)CC(=O)NCC1CCCCC1N. The van der Waals surface area contributed by atoms with Crippen LogP contribution in [0.5, 0.6) is 0 Å². The molecule has 2 atom stereocenters. The van der Waals surface area contributed by atoms with Gasteiger partial charge in [0.2, 0.25) is 5.91 Å². The van der Waals surface area contributed by atoms with Gasteiger partial charge < -0.3 is 11.1 Å². The maximum Gasteiger partial charge on any atom is 0.235 e. The minimum atomic E-state index is -3.23. The van der Waals surface area contributed by atoms with Gasteiger partial charge >= 0.3 is 0 Å². The minimum absolute atomic E-state index is 0.132. The number of hydrogen-bond acceptors (Lipinski definition) is 4. The second-order valence-electron chi connectivity index (χ2n) is 4.58. The molecule has 0 radical (unpaired) electrons. The topological polar surface area (TPSA) is 89.3 Å². The lowest BCUT2D eigenvalue weighted by molar-refractivity contribution is -0.118. The van der Waals surface area contributed by atoms with E-state index in [1.165, 1.54) is 0 Å². The monoisotopic (exact) mass is 248 g/mol. The Labute approximate surface area is 96.7 Å². The Kier molecular flexibility index (Phi) is 4.73. The molecule has 1 amide bonds. The number of nitrogens with two attached hydrogens (primary N) is 1. The van der Waals surface area contributed by atoms with Gasteiger partial charge in [-0.2, -0.15) is 0 Å². The van der Waals surface area contributed by atoms with Crippen molar-refractivity contribution in [1.82, 2.24) is 5.32 Å². The highest BCUT2D eigenvalue weighted by Gasteiger charge is 2.22. The van der Waals surface area contributed by atoms with E-state index in [1.54, 1.807) is 0 Å². The van der Waals surface area contributed by atoms with Gasteiger partial charge in [0.05, 0.1) is 0 Å². The van der Waals surface area contributed by atoms with E-state index in [4.69, 9.17) is 5.73 Å². The summed E-state index contributed by atoms with van der Waals surface area (Å²) in [7, 11) is -3.23. The molecule has 6 heteroatoms. The summed E-state index contributed by atoms with van der Waals surface area (Å²) in [5, 5.41) is 2.64. The zero-order valence-corrected chi connectivity index (χ0v) is 10.4. The standard InChI is InChI=1S/C10H20N2O3S/c1-16(14,15)7-10(13)12-6-8-4-2-3-5-9(8)11/h8-9H,2-7,11H2,1H3,(H,12,13). The lowest BCUT2D eigenvalue weighted by atomic mass is 9.85. The van der Waals surface area contributed by atoms with E-state index in [1.807, 2.05) is 0 Å². The van der Waals surface area contributed by atoms with Crippen LogP contribution in [0.2, 0.25) is 0 Å². The van der Waals surface area contributed by atoms with Gasteiger partial charge in [-0.05, 0) is 18.8 Å². The van der Waals surface area contributed by atoms with Crippen LogP contribution in [-0.4, -0.2) is 38.9 Å². The summed E-state index contributed by atoms with van der Waals surface area (Å²) >= 11 is 0. The van der Waals surface area contributed by atoms with Crippen LogP contribution in [0.15, 0.2) is 0 Å². The van der Waals surface area contributed by atoms with Crippen LogP contribution >= 0.6 is 0 Å². The zero-order valence-electron chi connectivity index (χ0n) is 9.61. The molecular weight excluding hydrogens is 228 g/mol. The summed E-state index contributed by atoms with van der Waals surface area (Å²) in [6.07, 6.45) is 5.35. The molecule has 16 heavy (non-hydrogen) atoms. The van der Waals surface area contributed by atoms with Gasteiger partial charge in [0, 0.05) is 18.8 Å². The molecular formula is C10H20N2O3S. The molecule has 1 aliphatic rings. The van der Waals surface area contributed by atoms with Crippen LogP contribution in [-0.2, 0) is 14.6 Å². The molecule has 0 heterocycles. The fourth-order valence-corrected chi connectivity index (χ4v) is 2.60. The minimum Gasteiger partial charge on any atom is -0.355 e. The van der Waals surface area contributed by atoms with Crippen LogP contribution in [0.25, 0.3) is 0 Å². The molecule has 2 unspecified atom stereocenters. The normalized spacial score (nSPS) is 26.4. The lowest BCUT2D eigenvalue weighted by Crippen LogP contribution is -2.42. The van der Waals surface area contributed by atoms with E-state index < -0.39 is 21.5 Å². The number of carbonyl (C=O) groups is 1. The van der Waals surface area contributed by atoms with Crippen LogP contribution in [0.4, 0.5) is 0 Å². The summed E-state index contributed by atoms with van der Waals surface area (Å²) in [5.41, 5.74) is 5.92. The number of carbonyl (C=O) groups excluding carboxylic acids is 1. The Balaban J connectivity index is 2.31. The smallest absolute Gasteiger partial charge is 0.235 e. The van der Waals surface area contributed by atoms with E-state index >= 15 is 0 Å². The highest BCUT2D eigenvalue weighted by Crippen LogP contribution is 2.21. The van der Waals surface area contributed by atoms with Crippen molar-refractivity contribution in [2.75, 3.05) is 18.6 Å². The first-order chi connectivity index (χ1) is 7.38. The highest BCUT2D eigenvalue weighted by atomic mass is 32.2. The maximum atomic E-state index is 11.3. The van der Waals surface area contributed by atoms with Gasteiger partial charge in [-0.3, -0.25) is 4.79 Å². The molecule has 94 valence electrons. The molecule has 1 saturated carbocycles. The molecule has 0 saturated heterocycles. The quantitative estimate of drug-likeness (QED) is 0.712. The highest BCUT2D eigenvalue weighted by molar-refractivity contribution is 7.91. The average molecular weight is 248 g/mol. The van der Waals surface area contributed by atoms with Crippen LogP contribution in [0, 0.1) is 5.92 Å². The molecule has 1 rings (SSSR count). The van der Waals surface area contributed by atoms with Crippen LogP contribution < -0.4 is 11.1 Å². The van der Waals surface area contributed by atoms with Gasteiger partial charge in [-0.1, -0.05) is 12.8 Å². The third-order valence-electron chi connectivity index (χ3n) is 2.92. The summed E-state index contributed by atoms with van der Waals surface area (Å²) < 4.78 is 21.7. The third kappa shape index (κ3) is 4.94. The van der Waals surface area contributed by atoms with Gasteiger partial charge in [-0.15, -0.1) is 0 Å². The Morgan fingerprint density at radius 3 is 2.56 bits per heavy atom. The first-order valence-electron chi connectivity index (χ1n) is 5.58. The van der Waals surface area contributed by atoms with Crippen molar-refractivity contribution in [3.05, 3.63) is 0 Å². The summed E-state index contributed by atoms with van der Waals surface area (Å²) in [6.45, 7) is 0.496. The third-order valence-corrected chi connectivity index (χ3v) is 3.71. The molecule has 1 aliphatic carbocycles.